The quantitative estimate of drug-likeness (QED) is 0.826. The van der Waals surface area contributed by atoms with Crippen LogP contribution in [0, 0.1) is 11.6 Å². The van der Waals surface area contributed by atoms with Crippen molar-refractivity contribution < 1.29 is 13.5 Å². The normalized spacial score (nSPS) is 10.4. The Labute approximate surface area is 128 Å². The van der Waals surface area contributed by atoms with E-state index in [1.165, 1.54) is 19.2 Å². The molecule has 0 atom stereocenters. The van der Waals surface area contributed by atoms with E-state index in [0.29, 0.717) is 20.8 Å². The zero-order chi connectivity index (χ0) is 14.7. The van der Waals surface area contributed by atoms with E-state index < -0.39 is 11.6 Å². The number of hydrogen-bond donors (Lipinski definition) is 1. The van der Waals surface area contributed by atoms with Crippen LogP contribution in [0.1, 0.15) is 5.56 Å². The molecule has 0 aliphatic carbocycles. The molecule has 0 aliphatic rings. The van der Waals surface area contributed by atoms with Crippen molar-refractivity contribution >= 4 is 33.2 Å². The van der Waals surface area contributed by atoms with Crippen LogP contribution in [-0.2, 0) is 6.54 Å². The summed E-state index contributed by atoms with van der Waals surface area (Å²) in [5.74, 6) is -0.797. The van der Waals surface area contributed by atoms with Gasteiger partial charge in [-0.25, -0.2) is 8.78 Å². The molecule has 0 bridgehead atoms. The molecule has 0 aromatic heterocycles. The van der Waals surface area contributed by atoms with E-state index in [9.17, 15) is 8.78 Å². The van der Waals surface area contributed by atoms with E-state index in [4.69, 9.17) is 16.3 Å². The maximum absolute atomic E-state index is 13.7. The zero-order valence-corrected chi connectivity index (χ0v) is 12.9. The van der Waals surface area contributed by atoms with E-state index in [1.807, 2.05) is 0 Å². The standard InChI is InChI=1S/C14H11BrClF2NO/c1-20-13-4-2-3-10(16)9(13)7-19-14-11(17)5-8(15)6-12(14)18/h2-6,19H,7H2,1H3. The summed E-state index contributed by atoms with van der Waals surface area (Å²) in [7, 11) is 1.51. The average Bonchev–Trinajstić information content (AvgIpc) is 2.38. The maximum atomic E-state index is 13.7. The summed E-state index contributed by atoms with van der Waals surface area (Å²) in [5, 5.41) is 3.17. The summed E-state index contributed by atoms with van der Waals surface area (Å²) in [6.07, 6.45) is 0. The summed E-state index contributed by atoms with van der Waals surface area (Å²) in [5.41, 5.74) is 0.438. The Morgan fingerprint density at radius 2 is 1.90 bits per heavy atom. The zero-order valence-electron chi connectivity index (χ0n) is 10.5. The Bertz CT molecular complexity index is 614. The van der Waals surface area contributed by atoms with Crippen molar-refractivity contribution in [3.63, 3.8) is 0 Å². The molecule has 0 radical (unpaired) electrons. The van der Waals surface area contributed by atoms with Gasteiger partial charge in [-0.2, -0.15) is 0 Å². The van der Waals surface area contributed by atoms with Crippen LogP contribution in [0.4, 0.5) is 14.5 Å². The molecule has 6 heteroatoms. The number of anilines is 1. The van der Waals surface area contributed by atoms with Crippen molar-refractivity contribution in [2.24, 2.45) is 0 Å². The van der Waals surface area contributed by atoms with Crippen LogP contribution < -0.4 is 10.1 Å². The fourth-order valence-corrected chi connectivity index (χ4v) is 2.42. The number of hydrogen-bond acceptors (Lipinski definition) is 2. The molecule has 0 heterocycles. The van der Waals surface area contributed by atoms with Gasteiger partial charge in [-0.05, 0) is 24.3 Å². The Morgan fingerprint density at radius 3 is 2.50 bits per heavy atom. The van der Waals surface area contributed by atoms with Gasteiger partial charge in [0.05, 0.1) is 7.11 Å². The number of halogens is 4. The molecule has 2 rings (SSSR count). The molecular weight excluding hydrogens is 352 g/mol. The van der Waals surface area contributed by atoms with Crippen LogP contribution in [-0.4, -0.2) is 7.11 Å². The summed E-state index contributed by atoms with van der Waals surface area (Å²) in [6.45, 7) is 0.151. The third-order valence-corrected chi connectivity index (χ3v) is 3.56. The second kappa shape index (κ2) is 6.41. The van der Waals surface area contributed by atoms with Gasteiger partial charge in [0, 0.05) is 21.6 Å². The lowest BCUT2D eigenvalue weighted by Crippen LogP contribution is -2.06. The monoisotopic (exact) mass is 361 g/mol. The smallest absolute Gasteiger partial charge is 0.150 e. The Balaban J connectivity index is 2.26. The molecule has 2 aromatic rings. The summed E-state index contributed by atoms with van der Waals surface area (Å²) in [6, 6.07) is 7.54. The van der Waals surface area contributed by atoms with Gasteiger partial charge in [-0.1, -0.05) is 33.6 Å². The molecule has 2 nitrogen and oxygen atoms in total. The highest BCUT2D eigenvalue weighted by Crippen LogP contribution is 2.29. The van der Waals surface area contributed by atoms with Crippen molar-refractivity contribution in [3.05, 3.63) is 57.0 Å². The molecule has 0 unspecified atom stereocenters. The molecule has 1 N–H and O–H groups in total. The summed E-state index contributed by atoms with van der Waals surface area (Å²) < 4.78 is 32.9. The number of benzene rings is 2. The minimum Gasteiger partial charge on any atom is -0.496 e. The molecular formula is C14H11BrClF2NO. The van der Waals surface area contributed by atoms with Gasteiger partial charge < -0.3 is 10.1 Å². The van der Waals surface area contributed by atoms with Gasteiger partial charge in [0.15, 0.2) is 0 Å². The van der Waals surface area contributed by atoms with Crippen LogP contribution in [0.2, 0.25) is 5.02 Å². The van der Waals surface area contributed by atoms with Crippen molar-refractivity contribution in [2.45, 2.75) is 6.54 Å². The van der Waals surface area contributed by atoms with E-state index in [0.717, 1.165) is 0 Å². The molecule has 0 saturated heterocycles. The molecule has 2 aromatic carbocycles. The SMILES string of the molecule is COc1cccc(Cl)c1CNc1c(F)cc(Br)cc1F. The predicted octanol–water partition coefficient (Wildman–Crippen LogP) is 5.00. The van der Waals surface area contributed by atoms with Gasteiger partial charge >= 0.3 is 0 Å². The van der Waals surface area contributed by atoms with Crippen LogP contribution in [0.15, 0.2) is 34.8 Å². The van der Waals surface area contributed by atoms with Crippen LogP contribution in [0.25, 0.3) is 0 Å². The highest BCUT2D eigenvalue weighted by atomic mass is 79.9. The van der Waals surface area contributed by atoms with Crippen LogP contribution in [0.5, 0.6) is 5.75 Å². The first-order chi connectivity index (χ1) is 9.52. The fourth-order valence-electron chi connectivity index (χ4n) is 1.79. The van der Waals surface area contributed by atoms with Crippen molar-refractivity contribution in [3.8, 4) is 5.75 Å². The second-order valence-corrected chi connectivity index (χ2v) is 5.34. The number of nitrogens with one attached hydrogen (secondary N) is 1. The Hall–Kier alpha value is -1.33. The average molecular weight is 363 g/mol. The van der Waals surface area contributed by atoms with Crippen LogP contribution >= 0.6 is 27.5 Å². The Kier molecular flexibility index (Phi) is 4.83. The number of ether oxygens (including phenoxy) is 1. The summed E-state index contributed by atoms with van der Waals surface area (Å²) >= 11 is 9.09. The molecule has 0 amide bonds. The molecule has 106 valence electrons. The Morgan fingerprint density at radius 1 is 1.25 bits per heavy atom. The van der Waals surface area contributed by atoms with Gasteiger partial charge in [-0.15, -0.1) is 0 Å². The number of methoxy groups -OCH3 is 1. The third kappa shape index (κ3) is 3.22. The molecule has 0 saturated carbocycles. The third-order valence-electron chi connectivity index (χ3n) is 2.74. The molecule has 20 heavy (non-hydrogen) atoms. The topological polar surface area (TPSA) is 21.3 Å². The first-order valence-corrected chi connectivity index (χ1v) is 6.90. The van der Waals surface area contributed by atoms with Gasteiger partial charge in [-0.3, -0.25) is 0 Å². The van der Waals surface area contributed by atoms with Gasteiger partial charge in [0.1, 0.15) is 23.1 Å². The lowest BCUT2D eigenvalue weighted by molar-refractivity contribution is 0.410. The second-order valence-electron chi connectivity index (χ2n) is 4.02. The lowest BCUT2D eigenvalue weighted by atomic mass is 10.2. The first-order valence-electron chi connectivity index (χ1n) is 5.72. The first kappa shape index (κ1) is 15.1. The maximum Gasteiger partial charge on any atom is 0.150 e. The van der Waals surface area contributed by atoms with E-state index in [2.05, 4.69) is 21.2 Å². The largest absolute Gasteiger partial charge is 0.496 e. The van der Waals surface area contributed by atoms with E-state index >= 15 is 0 Å². The molecule has 0 fully saturated rings. The molecule has 0 spiro atoms. The predicted molar refractivity (Wildman–Crippen MR) is 79.4 cm³/mol. The highest BCUT2D eigenvalue weighted by molar-refractivity contribution is 9.10. The fraction of sp³-hybridized carbons (Fsp3) is 0.143. The van der Waals surface area contributed by atoms with Crippen LogP contribution in [0.3, 0.4) is 0 Å². The number of rotatable bonds is 4. The van der Waals surface area contributed by atoms with E-state index in [-0.39, 0.29) is 12.2 Å². The lowest BCUT2D eigenvalue weighted by Gasteiger charge is -2.13. The minimum absolute atomic E-state index is 0.151. The van der Waals surface area contributed by atoms with Crippen molar-refractivity contribution in [1.82, 2.24) is 0 Å². The van der Waals surface area contributed by atoms with Crippen molar-refractivity contribution in [1.29, 1.82) is 0 Å². The van der Waals surface area contributed by atoms with Gasteiger partial charge in [0.2, 0.25) is 0 Å². The highest BCUT2D eigenvalue weighted by Gasteiger charge is 2.13. The minimum atomic E-state index is -0.678. The molecule has 0 aliphatic heterocycles. The summed E-state index contributed by atoms with van der Waals surface area (Å²) in [4.78, 5) is 0. The van der Waals surface area contributed by atoms with Crippen molar-refractivity contribution in [2.75, 3.05) is 12.4 Å². The van der Waals surface area contributed by atoms with Gasteiger partial charge in [0.25, 0.3) is 0 Å². The van der Waals surface area contributed by atoms with E-state index in [1.54, 1.807) is 18.2 Å².